The number of non-ortho nitro benzene ring substituents is 1. The average molecular weight is 262 g/mol. The Morgan fingerprint density at radius 3 is 2.58 bits per heavy atom. The van der Waals surface area contributed by atoms with Crippen molar-refractivity contribution in [3.8, 4) is 0 Å². The number of ether oxygens (including phenoxy) is 1. The molecular weight excluding hydrogens is 244 g/mol. The fourth-order valence-corrected chi connectivity index (χ4v) is 3.58. The molecule has 5 nitrogen and oxygen atoms in total. The van der Waals surface area contributed by atoms with Gasteiger partial charge in [-0.05, 0) is 36.7 Å². The molecule has 5 heteroatoms. The second-order valence-electron chi connectivity index (χ2n) is 5.93. The molecule has 0 unspecified atom stereocenters. The summed E-state index contributed by atoms with van der Waals surface area (Å²) in [6.07, 6.45) is 3.93. The highest BCUT2D eigenvalue weighted by molar-refractivity contribution is 5.39. The van der Waals surface area contributed by atoms with Crippen molar-refractivity contribution in [1.82, 2.24) is 0 Å². The predicted molar refractivity (Wildman–Crippen MR) is 70.7 cm³/mol. The summed E-state index contributed by atoms with van der Waals surface area (Å²) in [5.41, 5.74) is 7.35. The zero-order valence-corrected chi connectivity index (χ0v) is 10.8. The molecule has 3 rings (SSSR count). The van der Waals surface area contributed by atoms with Gasteiger partial charge in [-0.15, -0.1) is 0 Å². The molecule has 0 atom stereocenters. The minimum absolute atomic E-state index is 0.121. The Bertz CT molecular complexity index is 501. The molecule has 1 aliphatic carbocycles. The Balaban J connectivity index is 1.80. The smallest absolute Gasteiger partial charge is 0.269 e. The zero-order valence-electron chi connectivity index (χ0n) is 10.8. The van der Waals surface area contributed by atoms with E-state index in [9.17, 15) is 10.1 Å². The summed E-state index contributed by atoms with van der Waals surface area (Å²) in [5.74, 6) is 0. The first kappa shape index (κ1) is 12.6. The first-order chi connectivity index (χ1) is 9.03. The average Bonchev–Trinajstić information content (AvgIpc) is 2.38. The summed E-state index contributed by atoms with van der Waals surface area (Å²) >= 11 is 0. The van der Waals surface area contributed by atoms with Crippen LogP contribution in [0.15, 0.2) is 24.3 Å². The van der Waals surface area contributed by atoms with Crippen molar-refractivity contribution < 1.29 is 9.66 Å². The lowest BCUT2D eigenvalue weighted by atomic mass is 9.52. The summed E-state index contributed by atoms with van der Waals surface area (Å²) < 4.78 is 5.39. The maximum Gasteiger partial charge on any atom is 0.269 e. The van der Waals surface area contributed by atoms with E-state index in [0.717, 1.165) is 44.5 Å². The van der Waals surface area contributed by atoms with Crippen LogP contribution in [0.4, 0.5) is 5.69 Å². The van der Waals surface area contributed by atoms with Crippen LogP contribution in [0.2, 0.25) is 0 Å². The number of benzene rings is 1. The molecule has 1 spiro atoms. The monoisotopic (exact) mass is 262 g/mol. The standard InChI is InChI=1S/C14H18N2O3/c15-14(9-13(10-14)4-6-19-7-5-13)11-2-1-3-12(8-11)16(17)18/h1-3,8H,4-7,9-10,15H2. The minimum Gasteiger partial charge on any atom is -0.381 e. The third kappa shape index (κ3) is 2.13. The minimum atomic E-state index is -0.399. The summed E-state index contributed by atoms with van der Waals surface area (Å²) in [5, 5.41) is 10.8. The highest BCUT2D eigenvalue weighted by Gasteiger charge is 2.53. The highest BCUT2D eigenvalue weighted by Crippen LogP contribution is 2.57. The first-order valence-corrected chi connectivity index (χ1v) is 6.65. The van der Waals surface area contributed by atoms with Crippen molar-refractivity contribution in [1.29, 1.82) is 0 Å². The van der Waals surface area contributed by atoms with Crippen LogP contribution < -0.4 is 5.73 Å². The normalized spacial score (nSPS) is 23.8. The number of nitrogens with two attached hydrogens (primary N) is 1. The Morgan fingerprint density at radius 2 is 1.95 bits per heavy atom. The molecule has 2 aliphatic rings. The number of rotatable bonds is 2. The molecule has 0 aromatic heterocycles. The van der Waals surface area contributed by atoms with Gasteiger partial charge in [0, 0.05) is 30.9 Å². The quantitative estimate of drug-likeness (QED) is 0.655. The lowest BCUT2D eigenvalue weighted by Crippen LogP contribution is -2.57. The van der Waals surface area contributed by atoms with E-state index in [0.29, 0.717) is 5.41 Å². The van der Waals surface area contributed by atoms with Gasteiger partial charge in [-0.1, -0.05) is 12.1 Å². The number of hydrogen-bond donors (Lipinski definition) is 1. The van der Waals surface area contributed by atoms with Crippen molar-refractivity contribution in [3.63, 3.8) is 0 Å². The molecule has 102 valence electrons. The van der Waals surface area contributed by atoms with Crippen LogP contribution in [0.3, 0.4) is 0 Å². The largest absolute Gasteiger partial charge is 0.381 e. The van der Waals surface area contributed by atoms with E-state index in [-0.39, 0.29) is 10.6 Å². The van der Waals surface area contributed by atoms with Crippen molar-refractivity contribution >= 4 is 5.69 Å². The van der Waals surface area contributed by atoms with Crippen LogP contribution in [0.5, 0.6) is 0 Å². The summed E-state index contributed by atoms with van der Waals surface area (Å²) in [6, 6.07) is 6.75. The van der Waals surface area contributed by atoms with E-state index in [4.69, 9.17) is 10.5 Å². The Kier molecular flexibility index (Phi) is 2.83. The highest BCUT2D eigenvalue weighted by atomic mass is 16.6. The van der Waals surface area contributed by atoms with Gasteiger partial charge in [-0.2, -0.15) is 0 Å². The molecule has 1 saturated heterocycles. The molecule has 1 saturated carbocycles. The van der Waals surface area contributed by atoms with Crippen LogP contribution in [0.1, 0.15) is 31.2 Å². The second-order valence-corrected chi connectivity index (χ2v) is 5.93. The van der Waals surface area contributed by atoms with Gasteiger partial charge in [0.25, 0.3) is 5.69 Å². The first-order valence-electron chi connectivity index (χ1n) is 6.65. The van der Waals surface area contributed by atoms with Crippen LogP contribution in [0.25, 0.3) is 0 Å². The van der Waals surface area contributed by atoms with E-state index < -0.39 is 5.54 Å². The molecule has 1 aromatic carbocycles. The fourth-order valence-electron chi connectivity index (χ4n) is 3.58. The lowest BCUT2D eigenvalue weighted by Gasteiger charge is -2.56. The van der Waals surface area contributed by atoms with Crippen LogP contribution in [-0.4, -0.2) is 18.1 Å². The molecule has 1 heterocycles. The third-order valence-corrected chi connectivity index (χ3v) is 4.57. The van der Waals surface area contributed by atoms with Gasteiger partial charge in [0.2, 0.25) is 0 Å². The Hall–Kier alpha value is -1.46. The van der Waals surface area contributed by atoms with Gasteiger partial charge in [-0.25, -0.2) is 0 Å². The molecule has 1 aromatic rings. The summed E-state index contributed by atoms with van der Waals surface area (Å²) in [7, 11) is 0. The number of hydrogen-bond acceptors (Lipinski definition) is 4. The van der Waals surface area contributed by atoms with Gasteiger partial charge in [0.05, 0.1) is 4.92 Å². The van der Waals surface area contributed by atoms with Gasteiger partial charge in [0.15, 0.2) is 0 Å². The van der Waals surface area contributed by atoms with E-state index >= 15 is 0 Å². The maximum absolute atomic E-state index is 10.8. The number of nitrogens with zero attached hydrogens (tertiary/aromatic N) is 1. The van der Waals surface area contributed by atoms with Gasteiger partial charge in [0.1, 0.15) is 0 Å². The second kappa shape index (κ2) is 4.28. The summed E-state index contributed by atoms with van der Waals surface area (Å²) in [4.78, 5) is 10.5. The SMILES string of the molecule is NC1(c2cccc([N+](=O)[O-])c2)CC2(CCOCC2)C1. The van der Waals surface area contributed by atoms with E-state index in [1.54, 1.807) is 12.1 Å². The Labute approximate surface area is 111 Å². The van der Waals surface area contributed by atoms with E-state index in [1.165, 1.54) is 6.07 Å². The molecule has 2 N–H and O–H groups in total. The molecule has 19 heavy (non-hydrogen) atoms. The van der Waals surface area contributed by atoms with Gasteiger partial charge in [-0.3, -0.25) is 10.1 Å². The lowest BCUT2D eigenvalue weighted by molar-refractivity contribution is -0.385. The zero-order chi connectivity index (χ0) is 13.5. The number of nitro benzene ring substituents is 1. The van der Waals surface area contributed by atoms with Crippen LogP contribution in [0, 0.1) is 15.5 Å². The predicted octanol–water partition coefficient (Wildman–Crippen LogP) is 2.34. The van der Waals surface area contributed by atoms with Gasteiger partial charge < -0.3 is 10.5 Å². The topological polar surface area (TPSA) is 78.4 Å². The van der Waals surface area contributed by atoms with E-state index in [1.807, 2.05) is 6.07 Å². The van der Waals surface area contributed by atoms with Crippen molar-refractivity contribution in [2.24, 2.45) is 11.1 Å². The molecule has 0 bridgehead atoms. The van der Waals surface area contributed by atoms with E-state index in [2.05, 4.69) is 0 Å². The summed E-state index contributed by atoms with van der Waals surface area (Å²) in [6.45, 7) is 1.62. The molecule has 2 fully saturated rings. The van der Waals surface area contributed by atoms with Crippen LogP contribution >= 0.6 is 0 Å². The van der Waals surface area contributed by atoms with Crippen molar-refractivity contribution in [2.45, 2.75) is 31.2 Å². The molecular formula is C14H18N2O3. The molecule has 0 amide bonds. The molecule has 0 radical (unpaired) electrons. The fraction of sp³-hybridized carbons (Fsp3) is 0.571. The van der Waals surface area contributed by atoms with Gasteiger partial charge >= 0.3 is 0 Å². The third-order valence-electron chi connectivity index (χ3n) is 4.57. The van der Waals surface area contributed by atoms with Crippen molar-refractivity contribution in [3.05, 3.63) is 39.9 Å². The van der Waals surface area contributed by atoms with Crippen molar-refractivity contribution in [2.75, 3.05) is 13.2 Å². The maximum atomic E-state index is 10.8. The number of nitro groups is 1. The molecule has 1 aliphatic heterocycles. The van der Waals surface area contributed by atoms with Crippen LogP contribution in [-0.2, 0) is 10.3 Å². The Morgan fingerprint density at radius 1 is 1.26 bits per heavy atom.